The highest BCUT2D eigenvalue weighted by Gasteiger charge is 2.49. The second-order valence-electron chi connectivity index (χ2n) is 8.18. The molecule has 2 aliphatic rings. The van der Waals surface area contributed by atoms with Gasteiger partial charge >= 0.3 is 0 Å². The molecule has 0 unspecified atom stereocenters. The second-order valence-corrected chi connectivity index (χ2v) is 9.05. The number of hydrogen-bond donors (Lipinski definition) is 0. The van der Waals surface area contributed by atoms with Crippen LogP contribution in [0.15, 0.2) is 61.2 Å². The molecule has 4 atom stereocenters. The Kier molecular flexibility index (Phi) is 6.52. The maximum Gasteiger partial charge on any atom is 0.252 e. The normalized spacial score (nSPS) is 25.2. The third-order valence-electron chi connectivity index (χ3n) is 6.14. The van der Waals surface area contributed by atoms with Crippen LogP contribution < -0.4 is 0 Å². The molecule has 0 radical (unpaired) electrons. The van der Waals surface area contributed by atoms with E-state index >= 15 is 0 Å². The summed E-state index contributed by atoms with van der Waals surface area (Å²) >= 11 is 12.5. The van der Waals surface area contributed by atoms with Gasteiger partial charge in [0.1, 0.15) is 12.2 Å². The molecule has 4 rings (SSSR count). The Bertz CT molecular complexity index is 910. The monoisotopic (exact) mass is 443 g/mol. The largest absolute Gasteiger partial charge is 0.358 e. The summed E-state index contributed by atoms with van der Waals surface area (Å²) in [5.41, 5.74) is 1.99. The number of benzene rings is 2. The van der Waals surface area contributed by atoms with Crippen molar-refractivity contribution in [1.29, 1.82) is 0 Å². The molecule has 2 fully saturated rings. The van der Waals surface area contributed by atoms with E-state index in [2.05, 4.69) is 18.4 Å². The van der Waals surface area contributed by atoms with Crippen LogP contribution in [0.3, 0.4) is 0 Å². The second kappa shape index (κ2) is 9.13. The van der Waals surface area contributed by atoms with Crippen molar-refractivity contribution in [2.24, 2.45) is 5.92 Å². The minimum atomic E-state index is -0.539. The van der Waals surface area contributed by atoms with Crippen LogP contribution in [-0.4, -0.2) is 23.0 Å². The van der Waals surface area contributed by atoms with Crippen LogP contribution in [0.25, 0.3) is 0 Å². The van der Waals surface area contributed by atoms with Gasteiger partial charge in [0.25, 0.3) is 5.91 Å². The minimum Gasteiger partial charge on any atom is -0.358 e. The first kappa shape index (κ1) is 21.4. The molecule has 1 amide bonds. The predicted molar refractivity (Wildman–Crippen MR) is 122 cm³/mol. The van der Waals surface area contributed by atoms with Gasteiger partial charge in [0, 0.05) is 22.5 Å². The summed E-state index contributed by atoms with van der Waals surface area (Å²) in [5, 5.41) is 1.33. The highest BCUT2D eigenvalue weighted by Crippen LogP contribution is 2.48. The molecule has 0 bridgehead atoms. The zero-order chi connectivity index (χ0) is 21.3. The molecule has 1 aliphatic carbocycles. The quantitative estimate of drug-likeness (QED) is 0.441. The molecule has 1 saturated carbocycles. The Morgan fingerprint density at radius 3 is 2.47 bits per heavy atom. The van der Waals surface area contributed by atoms with Gasteiger partial charge in [0.2, 0.25) is 0 Å². The maximum atomic E-state index is 13.6. The van der Waals surface area contributed by atoms with E-state index in [4.69, 9.17) is 27.9 Å². The van der Waals surface area contributed by atoms with Gasteiger partial charge in [-0.3, -0.25) is 4.79 Å². The zero-order valence-corrected chi connectivity index (χ0v) is 18.6. The fraction of sp³-hybridized carbons (Fsp3) is 0.400. The van der Waals surface area contributed by atoms with E-state index in [9.17, 15) is 4.79 Å². The van der Waals surface area contributed by atoms with Crippen molar-refractivity contribution in [2.45, 2.75) is 56.9 Å². The van der Waals surface area contributed by atoms with Gasteiger partial charge in [0.15, 0.2) is 0 Å². The van der Waals surface area contributed by atoms with Crippen molar-refractivity contribution in [3.63, 3.8) is 0 Å². The van der Waals surface area contributed by atoms with E-state index in [1.165, 1.54) is 12.8 Å². The molecule has 30 heavy (non-hydrogen) atoms. The molecule has 0 aromatic heterocycles. The smallest absolute Gasteiger partial charge is 0.252 e. The number of ether oxygens (including phenoxy) is 1. The average Bonchev–Trinajstić information content (AvgIpc) is 3.57. The minimum absolute atomic E-state index is 0.0480. The summed E-state index contributed by atoms with van der Waals surface area (Å²) in [5.74, 6) is 0.600. The Hall–Kier alpha value is -1.81. The summed E-state index contributed by atoms with van der Waals surface area (Å²) in [6.45, 7) is 6.01. The molecule has 0 spiro atoms. The number of amides is 1. The lowest BCUT2D eigenvalue weighted by molar-refractivity contribution is -0.180. The van der Waals surface area contributed by atoms with Gasteiger partial charge in [0.05, 0.1) is 6.04 Å². The topological polar surface area (TPSA) is 29.5 Å². The van der Waals surface area contributed by atoms with Crippen LogP contribution in [0.1, 0.15) is 55.9 Å². The Morgan fingerprint density at radius 2 is 1.87 bits per heavy atom. The zero-order valence-electron chi connectivity index (χ0n) is 17.1. The number of morpholine rings is 1. The van der Waals surface area contributed by atoms with Crippen molar-refractivity contribution in [3.05, 3.63) is 82.4 Å². The van der Waals surface area contributed by atoms with Crippen LogP contribution in [0.2, 0.25) is 10.0 Å². The van der Waals surface area contributed by atoms with E-state index in [0.29, 0.717) is 22.4 Å². The van der Waals surface area contributed by atoms with Gasteiger partial charge in [-0.2, -0.15) is 0 Å². The average molecular weight is 444 g/mol. The lowest BCUT2D eigenvalue weighted by atomic mass is 9.88. The van der Waals surface area contributed by atoms with Crippen LogP contribution in [0, 0.1) is 5.92 Å². The van der Waals surface area contributed by atoms with Gasteiger partial charge in [-0.15, -0.1) is 6.58 Å². The number of halogens is 2. The fourth-order valence-electron chi connectivity index (χ4n) is 4.61. The standard InChI is InChI=1S/C25H27Cl2NO2/c1-3-6-22-25(29)28(21(4-2)16-9-10-16)23(17-11-13-19(26)14-12-17)24(30-22)18-7-5-8-20(27)15-18/h3,5,7-8,11-16,21-24H,1,4,6,9-10H2,2H3/t21-,22+,23-,24-/m1/s1. The van der Waals surface area contributed by atoms with Crippen molar-refractivity contribution in [3.8, 4) is 0 Å². The predicted octanol–water partition coefficient (Wildman–Crippen LogP) is 6.77. The van der Waals surface area contributed by atoms with E-state index in [1.807, 2.05) is 48.5 Å². The third kappa shape index (κ3) is 4.30. The molecule has 1 saturated heterocycles. The summed E-state index contributed by atoms with van der Waals surface area (Å²) in [4.78, 5) is 15.7. The molecule has 2 aromatic rings. The summed E-state index contributed by atoms with van der Waals surface area (Å²) < 4.78 is 6.45. The van der Waals surface area contributed by atoms with Crippen molar-refractivity contribution in [2.75, 3.05) is 0 Å². The molecule has 1 aliphatic heterocycles. The maximum absolute atomic E-state index is 13.6. The van der Waals surface area contributed by atoms with Gasteiger partial charge in [-0.05, 0) is 60.6 Å². The highest BCUT2D eigenvalue weighted by molar-refractivity contribution is 6.30. The first-order valence-electron chi connectivity index (χ1n) is 10.6. The van der Waals surface area contributed by atoms with Crippen molar-refractivity contribution in [1.82, 2.24) is 4.90 Å². The number of carbonyl (C=O) groups excluding carboxylic acids is 1. The lowest BCUT2D eigenvalue weighted by Gasteiger charge is -2.48. The summed E-state index contributed by atoms with van der Waals surface area (Å²) in [6.07, 6.45) is 4.65. The first-order chi connectivity index (χ1) is 14.5. The molecular formula is C25H27Cl2NO2. The van der Waals surface area contributed by atoms with E-state index in [0.717, 1.165) is 17.5 Å². The lowest BCUT2D eigenvalue weighted by Crippen LogP contribution is -2.55. The van der Waals surface area contributed by atoms with Crippen LogP contribution in [0.5, 0.6) is 0 Å². The molecule has 2 aromatic carbocycles. The number of carbonyl (C=O) groups is 1. The highest BCUT2D eigenvalue weighted by atomic mass is 35.5. The van der Waals surface area contributed by atoms with Crippen LogP contribution in [0.4, 0.5) is 0 Å². The molecule has 5 heteroatoms. The van der Waals surface area contributed by atoms with E-state index in [1.54, 1.807) is 6.08 Å². The number of nitrogens with zero attached hydrogens (tertiary/aromatic N) is 1. The first-order valence-corrected chi connectivity index (χ1v) is 11.4. The number of hydrogen-bond acceptors (Lipinski definition) is 2. The fourth-order valence-corrected chi connectivity index (χ4v) is 4.94. The Balaban J connectivity index is 1.84. The molecule has 158 valence electrons. The molecule has 3 nitrogen and oxygen atoms in total. The van der Waals surface area contributed by atoms with Gasteiger partial charge in [-0.1, -0.05) is 60.5 Å². The Morgan fingerprint density at radius 1 is 1.13 bits per heavy atom. The number of rotatable bonds is 7. The summed E-state index contributed by atoms with van der Waals surface area (Å²) in [7, 11) is 0. The SMILES string of the molecule is C=CC[C@@H]1O[C@H](c2cccc(Cl)c2)[C@@H](c2ccc(Cl)cc2)N([C@H](CC)C2CC2)C1=O. The van der Waals surface area contributed by atoms with Crippen molar-refractivity contribution >= 4 is 29.1 Å². The Labute approximate surface area is 188 Å². The van der Waals surface area contributed by atoms with E-state index in [-0.39, 0.29) is 24.1 Å². The molecule has 1 heterocycles. The molecule has 0 N–H and O–H groups in total. The van der Waals surface area contributed by atoms with Gasteiger partial charge in [-0.25, -0.2) is 0 Å². The van der Waals surface area contributed by atoms with Crippen LogP contribution in [-0.2, 0) is 9.53 Å². The molecular weight excluding hydrogens is 417 g/mol. The van der Waals surface area contributed by atoms with Crippen molar-refractivity contribution < 1.29 is 9.53 Å². The van der Waals surface area contributed by atoms with E-state index < -0.39 is 6.10 Å². The summed E-state index contributed by atoms with van der Waals surface area (Å²) in [6, 6.07) is 15.5. The van der Waals surface area contributed by atoms with Crippen LogP contribution >= 0.6 is 23.2 Å². The third-order valence-corrected chi connectivity index (χ3v) is 6.63. The van der Waals surface area contributed by atoms with Gasteiger partial charge < -0.3 is 9.64 Å².